The Hall–Kier alpha value is -3.45. The zero-order chi connectivity index (χ0) is 23.0. The summed E-state index contributed by atoms with van der Waals surface area (Å²) >= 11 is 0. The number of halogens is 1. The number of ether oxygens (including phenoxy) is 1. The number of sulfone groups is 1. The van der Waals surface area contributed by atoms with Crippen LogP contribution >= 0.6 is 0 Å². The van der Waals surface area contributed by atoms with Gasteiger partial charge in [-0.2, -0.15) is 0 Å². The lowest BCUT2D eigenvalue weighted by molar-refractivity contribution is 0.104. The van der Waals surface area contributed by atoms with Gasteiger partial charge in [0, 0.05) is 17.5 Å². The number of ketones is 1. The van der Waals surface area contributed by atoms with E-state index >= 15 is 0 Å². The van der Waals surface area contributed by atoms with E-state index in [1.54, 1.807) is 43.3 Å². The Morgan fingerprint density at radius 3 is 2.38 bits per heavy atom. The molecule has 0 aromatic heterocycles. The SMILES string of the molecule is CCOc1ccc(N2C=C(C(=O)c3ccc(C)cc3C)S(=O)(=O)c3ccc(F)cc32)cc1. The van der Waals surface area contributed by atoms with Crippen LogP contribution in [0.1, 0.15) is 28.4 Å². The first-order chi connectivity index (χ1) is 15.2. The second-order valence-corrected chi connectivity index (χ2v) is 9.44. The Kier molecular flexibility index (Phi) is 5.60. The molecule has 0 atom stereocenters. The van der Waals surface area contributed by atoms with Gasteiger partial charge in [0.2, 0.25) is 15.6 Å². The second-order valence-electron chi connectivity index (χ2n) is 7.55. The van der Waals surface area contributed by atoms with Crippen LogP contribution < -0.4 is 9.64 Å². The first-order valence-corrected chi connectivity index (χ1v) is 11.6. The number of aryl methyl sites for hydroxylation is 2. The Bertz CT molecular complexity index is 1340. The van der Waals surface area contributed by atoms with Gasteiger partial charge in [-0.05, 0) is 68.8 Å². The molecule has 0 amide bonds. The highest BCUT2D eigenvalue weighted by molar-refractivity contribution is 7.96. The number of carbonyl (C=O) groups excluding carboxylic acids is 1. The Morgan fingerprint density at radius 1 is 1.00 bits per heavy atom. The molecular formula is C25H22FNO4S. The van der Waals surface area contributed by atoms with E-state index in [9.17, 15) is 17.6 Å². The first-order valence-electron chi connectivity index (χ1n) is 10.1. The normalized spacial score (nSPS) is 14.5. The van der Waals surface area contributed by atoms with Gasteiger partial charge in [-0.25, -0.2) is 12.8 Å². The molecular weight excluding hydrogens is 429 g/mol. The van der Waals surface area contributed by atoms with Crippen molar-refractivity contribution in [1.29, 1.82) is 0 Å². The number of rotatable bonds is 5. The average molecular weight is 452 g/mol. The zero-order valence-electron chi connectivity index (χ0n) is 17.9. The van der Waals surface area contributed by atoms with Crippen molar-refractivity contribution in [3.05, 3.63) is 94.3 Å². The number of hydrogen-bond acceptors (Lipinski definition) is 5. The number of anilines is 2. The maximum Gasteiger partial charge on any atom is 0.214 e. The summed E-state index contributed by atoms with van der Waals surface area (Å²) in [6.07, 6.45) is 1.27. The van der Waals surface area contributed by atoms with Crippen molar-refractivity contribution in [2.24, 2.45) is 0 Å². The molecule has 1 aliphatic heterocycles. The summed E-state index contributed by atoms with van der Waals surface area (Å²) in [7, 11) is -4.15. The maximum atomic E-state index is 14.1. The van der Waals surface area contributed by atoms with Gasteiger partial charge < -0.3 is 9.64 Å². The minimum Gasteiger partial charge on any atom is -0.494 e. The third kappa shape index (κ3) is 3.80. The van der Waals surface area contributed by atoms with Gasteiger partial charge in [-0.3, -0.25) is 4.79 Å². The van der Waals surface area contributed by atoms with E-state index in [0.717, 1.165) is 17.7 Å². The van der Waals surface area contributed by atoms with E-state index in [2.05, 4.69) is 0 Å². The van der Waals surface area contributed by atoms with E-state index < -0.39 is 21.4 Å². The first kappa shape index (κ1) is 21.8. The molecule has 0 spiro atoms. The average Bonchev–Trinajstić information content (AvgIpc) is 2.74. The summed E-state index contributed by atoms with van der Waals surface area (Å²) < 4.78 is 46.3. The van der Waals surface area contributed by atoms with Crippen molar-refractivity contribution < 1.29 is 22.3 Å². The lowest BCUT2D eigenvalue weighted by Crippen LogP contribution is -2.26. The van der Waals surface area contributed by atoms with Crippen molar-refractivity contribution in [1.82, 2.24) is 0 Å². The van der Waals surface area contributed by atoms with Crippen molar-refractivity contribution >= 4 is 27.0 Å². The lowest BCUT2D eigenvalue weighted by Gasteiger charge is -2.29. The minimum absolute atomic E-state index is 0.122. The third-order valence-corrected chi connectivity index (χ3v) is 7.08. The highest BCUT2D eigenvalue weighted by atomic mass is 32.2. The molecule has 5 nitrogen and oxygen atoms in total. The van der Waals surface area contributed by atoms with Gasteiger partial charge in [-0.15, -0.1) is 0 Å². The summed E-state index contributed by atoms with van der Waals surface area (Å²) in [5.41, 5.74) is 2.68. The molecule has 0 bridgehead atoms. The van der Waals surface area contributed by atoms with Crippen LogP contribution in [0.25, 0.3) is 0 Å². The van der Waals surface area contributed by atoms with Crippen LogP contribution in [0, 0.1) is 19.7 Å². The van der Waals surface area contributed by atoms with E-state index in [4.69, 9.17) is 4.74 Å². The van der Waals surface area contributed by atoms with E-state index in [1.165, 1.54) is 17.2 Å². The number of Topliss-reactive ketones (excluding diaryl/α,β-unsaturated/α-hetero) is 1. The predicted molar refractivity (Wildman–Crippen MR) is 122 cm³/mol. The largest absolute Gasteiger partial charge is 0.494 e. The van der Waals surface area contributed by atoms with Crippen LogP contribution in [-0.2, 0) is 9.84 Å². The molecule has 164 valence electrons. The molecule has 0 unspecified atom stereocenters. The highest BCUT2D eigenvalue weighted by Gasteiger charge is 2.36. The van der Waals surface area contributed by atoms with Crippen LogP contribution in [0.5, 0.6) is 5.75 Å². The fourth-order valence-electron chi connectivity index (χ4n) is 3.75. The Morgan fingerprint density at radius 2 is 1.72 bits per heavy atom. The smallest absolute Gasteiger partial charge is 0.214 e. The molecule has 3 aromatic carbocycles. The lowest BCUT2D eigenvalue weighted by atomic mass is 10.0. The van der Waals surface area contributed by atoms with E-state index in [1.807, 2.05) is 19.9 Å². The number of fused-ring (bicyclic) bond motifs is 1. The molecule has 0 fully saturated rings. The molecule has 0 radical (unpaired) electrons. The van der Waals surface area contributed by atoms with Gasteiger partial charge in [0.05, 0.1) is 17.2 Å². The van der Waals surface area contributed by atoms with Crippen molar-refractivity contribution in [2.75, 3.05) is 11.5 Å². The molecule has 1 aliphatic rings. The molecule has 32 heavy (non-hydrogen) atoms. The van der Waals surface area contributed by atoms with Gasteiger partial charge in [-0.1, -0.05) is 23.8 Å². The van der Waals surface area contributed by atoms with Crippen LogP contribution in [0.15, 0.2) is 76.7 Å². The van der Waals surface area contributed by atoms with Gasteiger partial charge in [0.15, 0.2) is 0 Å². The molecule has 0 N–H and O–H groups in total. The summed E-state index contributed by atoms with van der Waals surface area (Å²) in [5.74, 6) is -0.531. The monoisotopic (exact) mass is 451 g/mol. The molecule has 0 saturated heterocycles. The van der Waals surface area contributed by atoms with Crippen molar-refractivity contribution in [2.45, 2.75) is 25.7 Å². The number of hydrogen-bond donors (Lipinski definition) is 0. The number of benzene rings is 3. The van der Waals surface area contributed by atoms with Gasteiger partial charge >= 0.3 is 0 Å². The van der Waals surface area contributed by atoms with E-state index in [-0.39, 0.29) is 15.5 Å². The van der Waals surface area contributed by atoms with Gasteiger partial charge in [0.25, 0.3) is 0 Å². The molecule has 3 aromatic rings. The summed E-state index contributed by atoms with van der Waals surface area (Å²) in [6, 6.07) is 15.6. The second kappa shape index (κ2) is 8.24. The predicted octanol–water partition coefficient (Wildman–Crippen LogP) is 5.49. The summed E-state index contributed by atoms with van der Waals surface area (Å²) in [5, 5.41) is 0. The number of carbonyl (C=O) groups is 1. The quantitative estimate of drug-likeness (QED) is 0.379. The maximum absolute atomic E-state index is 14.1. The molecule has 0 aliphatic carbocycles. The zero-order valence-corrected chi connectivity index (χ0v) is 18.7. The topological polar surface area (TPSA) is 63.7 Å². The standard InChI is InChI=1S/C25H22FNO4S/c1-4-31-20-9-7-19(8-10-20)27-15-24(25(28)21-11-5-16(2)13-17(21)3)32(29,30)23-12-6-18(26)14-22(23)27/h5-15H,4H2,1-3H3. The highest BCUT2D eigenvalue weighted by Crippen LogP contribution is 2.41. The van der Waals surface area contributed by atoms with E-state index in [0.29, 0.717) is 29.2 Å². The van der Waals surface area contributed by atoms with Crippen LogP contribution in [-0.4, -0.2) is 20.8 Å². The molecule has 7 heteroatoms. The number of nitrogens with zero attached hydrogens (tertiary/aromatic N) is 1. The molecule has 4 rings (SSSR count). The molecule has 1 heterocycles. The minimum atomic E-state index is -4.15. The Balaban J connectivity index is 1.89. The number of allylic oxidation sites excluding steroid dienone is 1. The van der Waals surface area contributed by atoms with Crippen LogP contribution in [0.3, 0.4) is 0 Å². The third-order valence-electron chi connectivity index (χ3n) is 5.28. The van der Waals surface area contributed by atoms with Crippen molar-refractivity contribution in [3.63, 3.8) is 0 Å². The van der Waals surface area contributed by atoms with Gasteiger partial charge in [0.1, 0.15) is 16.5 Å². The fraction of sp³-hybridized carbons (Fsp3) is 0.160. The van der Waals surface area contributed by atoms with Crippen LogP contribution in [0.2, 0.25) is 0 Å². The van der Waals surface area contributed by atoms with Crippen LogP contribution in [0.4, 0.5) is 15.8 Å². The summed E-state index contributed by atoms with van der Waals surface area (Å²) in [6.45, 7) is 6.04. The Labute approximate surface area is 186 Å². The van der Waals surface area contributed by atoms with Crippen molar-refractivity contribution in [3.8, 4) is 5.75 Å². The summed E-state index contributed by atoms with van der Waals surface area (Å²) in [4.78, 5) is 14.4. The fourth-order valence-corrected chi connectivity index (χ4v) is 5.26. The molecule has 0 saturated carbocycles.